The lowest BCUT2D eigenvalue weighted by Crippen LogP contribution is -2.09. The largest absolute Gasteiger partial charge is 0.382 e. The van der Waals surface area contributed by atoms with E-state index in [4.69, 9.17) is 0 Å². The van der Waals surface area contributed by atoms with Gasteiger partial charge in [0.05, 0.1) is 5.71 Å². The zero-order valence-corrected chi connectivity index (χ0v) is 9.07. The van der Waals surface area contributed by atoms with Gasteiger partial charge in [-0.1, -0.05) is 35.9 Å². The fourth-order valence-corrected chi connectivity index (χ4v) is 1.78. The van der Waals surface area contributed by atoms with Crippen LogP contribution in [0.4, 0.5) is 0 Å². The number of hydrogen-bond acceptors (Lipinski definition) is 2. The Bertz CT molecular complexity index is 432. The minimum absolute atomic E-state index is 0.557. The van der Waals surface area contributed by atoms with Gasteiger partial charge >= 0.3 is 0 Å². The molecular weight excluding hydrogens is 186 g/mol. The summed E-state index contributed by atoms with van der Waals surface area (Å²) in [5.41, 5.74) is 3.93. The Morgan fingerprint density at radius 1 is 1.33 bits per heavy atom. The molecule has 1 N–H and O–H groups in total. The molecule has 1 aliphatic heterocycles. The highest BCUT2D eigenvalue weighted by molar-refractivity contribution is 5.93. The van der Waals surface area contributed by atoms with Gasteiger partial charge in [-0.05, 0) is 19.4 Å². The molecule has 0 radical (unpaired) electrons. The van der Waals surface area contributed by atoms with E-state index in [-0.39, 0.29) is 0 Å². The van der Waals surface area contributed by atoms with Gasteiger partial charge in [-0.2, -0.15) is 0 Å². The van der Waals surface area contributed by atoms with Crippen LogP contribution in [-0.4, -0.2) is 10.8 Å². The fourth-order valence-electron chi connectivity index (χ4n) is 1.78. The number of aliphatic hydroxyl groups excluding tert-OH is 1. The summed E-state index contributed by atoms with van der Waals surface area (Å²) in [6.07, 6.45) is 2.24. The molecular formula is C13H15NO. The zero-order chi connectivity index (χ0) is 10.8. The maximum absolute atomic E-state index is 10.1. The number of aliphatic hydroxyl groups is 1. The van der Waals surface area contributed by atoms with Crippen LogP contribution in [0.15, 0.2) is 41.0 Å². The first kappa shape index (κ1) is 10.1. The van der Waals surface area contributed by atoms with Crippen LogP contribution in [-0.2, 0) is 0 Å². The summed E-state index contributed by atoms with van der Waals surface area (Å²) >= 11 is 0. The molecule has 0 fully saturated rings. The summed E-state index contributed by atoms with van der Waals surface area (Å²) in [5, 5.41) is 10.1. The summed E-state index contributed by atoms with van der Waals surface area (Å²) in [7, 11) is 0. The van der Waals surface area contributed by atoms with E-state index >= 15 is 0 Å². The standard InChI is InChI=1S/C13H15NO/c1-9-4-3-5-11(8-9)13(15)12-7-6-10(2)14-12/h3-6,8,13,15H,7H2,1-2H3. The summed E-state index contributed by atoms with van der Waals surface area (Å²) in [6, 6.07) is 7.93. The predicted octanol–water partition coefficient (Wildman–Crippen LogP) is 2.78. The highest BCUT2D eigenvalue weighted by Gasteiger charge is 2.17. The molecule has 0 amide bonds. The van der Waals surface area contributed by atoms with Crippen LogP contribution >= 0.6 is 0 Å². The van der Waals surface area contributed by atoms with Crippen molar-refractivity contribution in [1.29, 1.82) is 0 Å². The fraction of sp³-hybridized carbons (Fsp3) is 0.308. The molecule has 78 valence electrons. The molecule has 2 nitrogen and oxygen atoms in total. The molecule has 1 aliphatic rings. The lowest BCUT2D eigenvalue weighted by molar-refractivity contribution is 0.246. The summed E-state index contributed by atoms with van der Waals surface area (Å²) in [5.74, 6) is 0. The number of benzene rings is 1. The Morgan fingerprint density at radius 2 is 2.13 bits per heavy atom. The normalized spacial score (nSPS) is 17.3. The molecule has 1 unspecified atom stereocenters. The van der Waals surface area contributed by atoms with Crippen molar-refractivity contribution in [3.05, 3.63) is 47.2 Å². The molecule has 1 aromatic carbocycles. The van der Waals surface area contributed by atoms with Crippen molar-refractivity contribution in [2.45, 2.75) is 26.4 Å². The van der Waals surface area contributed by atoms with Crippen molar-refractivity contribution in [2.24, 2.45) is 4.99 Å². The SMILES string of the molecule is CC1=CCC(C(O)c2cccc(C)c2)=N1. The molecule has 0 aliphatic carbocycles. The van der Waals surface area contributed by atoms with Crippen molar-refractivity contribution >= 4 is 5.71 Å². The van der Waals surface area contributed by atoms with Crippen LogP contribution in [0, 0.1) is 6.92 Å². The average molecular weight is 201 g/mol. The summed E-state index contributed by atoms with van der Waals surface area (Å²) in [6.45, 7) is 3.98. The van der Waals surface area contributed by atoms with Gasteiger partial charge in [0, 0.05) is 12.1 Å². The Balaban J connectivity index is 2.22. The molecule has 2 rings (SSSR count). The topological polar surface area (TPSA) is 32.6 Å². The van der Waals surface area contributed by atoms with Crippen molar-refractivity contribution in [1.82, 2.24) is 0 Å². The van der Waals surface area contributed by atoms with E-state index in [9.17, 15) is 5.11 Å². The van der Waals surface area contributed by atoms with E-state index in [0.29, 0.717) is 0 Å². The van der Waals surface area contributed by atoms with Gasteiger partial charge in [0.25, 0.3) is 0 Å². The second kappa shape index (κ2) is 3.99. The van der Waals surface area contributed by atoms with Crippen LogP contribution in [0.25, 0.3) is 0 Å². The average Bonchev–Trinajstić information content (AvgIpc) is 2.64. The van der Waals surface area contributed by atoms with Gasteiger partial charge in [0.1, 0.15) is 6.10 Å². The molecule has 1 heterocycles. The van der Waals surface area contributed by atoms with E-state index in [1.165, 1.54) is 0 Å². The van der Waals surface area contributed by atoms with Crippen LogP contribution in [0.3, 0.4) is 0 Å². The Morgan fingerprint density at radius 3 is 2.73 bits per heavy atom. The predicted molar refractivity (Wildman–Crippen MR) is 61.9 cm³/mol. The zero-order valence-electron chi connectivity index (χ0n) is 9.07. The van der Waals surface area contributed by atoms with Crippen molar-refractivity contribution < 1.29 is 5.11 Å². The maximum Gasteiger partial charge on any atom is 0.117 e. The molecule has 15 heavy (non-hydrogen) atoms. The van der Waals surface area contributed by atoms with E-state index in [1.54, 1.807) is 0 Å². The lowest BCUT2D eigenvalue weighted by atomic mass is 10.0. The first-order chi connectivity index (χ1) is 7.16. The second-order valence-corrected chi connectivity index (χ2v) is 3.97. The van der Waals surface area contributed by atoms with Crippen molar-refractivity contribution in [3.63, 3.8) is 0 Å². The molecule has 1 aromatic rings. The maximum atomic E-state index is 10.1. The molecule has 2 heteroatoms. The van der Waals surface area contributed by atoms with Crippen LogP contribution < -0.4 is 0 Å². The van der Waals surface area contributed by atoms with Gasteiger partial charge in [-0.25, -0.2) is 0 Å². The van der Waals surface area contributed by atoms with E-state index < -0.39 is 6.10 Å². The third-order valence-corrected chi connectivity index (χ3v) is 2.60. The highest BCUT2D eigenvalue weighted by Crippen LogP contribution is 2.22. The van der Waals surface area contributed by atoms with Gasteiger partial charge in [0.15, 0.2) is 0 Å². The van der Waals surface area contributed by atoms with Gasteiger partial charge in [-0.3, -0.25) is 4.99 Å². The van der Waals surface area contributed by atoms with Crippen molar-refractivity contribution in [3.8, 4) is 0 Å². The van der Waals surface area contributed by atoms with Crippen molar-refractivity contribution in [2.75, 3.05) is 0 Å². The van der Waals surface area contributed by atoms with Crippen LogP contribution in [0.1, 0.15) is 30.6 Å². The number of aliphatic imine (C=N–C) groups is 1. The molecule has 1 atom stereocenters. The summed E-state index contributed by atoms with van der Waals surface area (Å²) < 4.78 is 0. The second-order valence-electron chi connectivity index (χ2n) is 3.97. The molecule has 0 spiro atoms. The number of allylic oxidation sites excluding steroid dienone is 2. The smallest absolute Gasteiger partial charge is 0.117 e. The number of nitrogens with zero attached hydrogens (tertiary/aromatic N) is 1. The minimum atomic E-state index is -0.557. The highest BCUT2D eigenvalue weighted by atomic mass is 16.3. The first-order valence-electron chi connectivity index (χ1n) is 5.15. The van der Waals surface area contributed by atoms with E-state index in [2.05, 4.69) is 4.99 Å². The van der Waals surface area contributed by atoms with Gasteiger partial charge < -0.3 is 5.11 Å². The first-order valence-corrected chi connectivity index (χ1v) is 5.15. The van der Waals surface area contributed by atoms with Crippen LogP contribution in [0.2, 0.25) is 0 Å². The third-order valence-electron chi connectivity index (χ3n) is 2.60. The van der Waals surface area contributed by atoms with Gasteiger partial charge in [-0.15, -0.1) is 0 Å². The quantitative estimate of drug-likeness (QED) is 0.784. The Labute approximate surface area is 90.0 Å². The third kappa shape index (κ3) is 2.16. The molecule has 0 bridgehead atoms. The van der Waals surface area contributed by atoms with E-state index in [0.717, 1.165) is 29.0 Å². The van der Waals surface area contributed by atoms with E-state index in [1.807, 2.05) is 44.2 Å². The molecule has 0 saturated carbocycles. The monoisotopic (exact) mass is 201 g/mol. The number of hydrogen-bond donors (Lipinski definition) is 1. The van der Waals surface area contributed by atoms with Crippen LogP contribution in [0.5, 0.6) is 0 Å². The number of rotatable bonds is 2. The minimum Gasteiger partial charge on any atom is -0.382 e. The number of aryl methyl sites for hydroxylation is 1. The van der Waals surface area contributed by atoms with Gasteiger partial charge in [0.2, 0.25) is 0 Å². The summed E-state index contributed by atoms with van der Waals surface area (Å²) in [4.78, 5) is 4.32. The molecule has 0 aromatic heterocycles. The lowest BCUT2D eigenvalue weighted by Gasteiger charge is -2.11. The Kier molecular flexibility index (Phi) is 2.69. The Hall–Kier alpha value is -1.41. The molecule has 0 saturated heterocycles.